The number of aryl methyl sites for hydroxylation is 1. The van der Waals surface area contributed by atoms with E-state index in [2.05, 4.69) is 41.5 Å². The van der Waals surface area contributed by atoms with Crippen LogP contribution in [0.2, 0.25) is 0 Å². The van der Waals surface area contributed by atoms with Gasteiger partial charge in [0.15, 0.2) is 0 Å². The molecule has 0 unspecified atom stereocenters. The van der Waals surface area contributed by atoms with Crippen molar-refractivity contribution in [2.24, 2.45) is 0 Å². The highest BCUT2D eigenvalue weighted by molar-refractivity contribution is 9.10. The summed E-state index contributed by atoms with van der Waals surface area (Å²) in [6, 6.07) is 3.10. The SMILES string of the molecule is CC(=O)Nc1cc(Nc2cc(C)nc(C(C)(F)F)n2)c(Br)cn1. The minimum absolute atomic E-state index is 0.217. The first-order valence-corrected chi connectivity index (χ1v) is 7.38. The Bertz CT molecular complexity index is 748. The first-order chi connectivity index (χ1) is 10.6. The van der Waals surface area contributed by atoms with E-state index in [1.165, 1.54) is 13.1 Å². The zero-order valence-electron chi connectivity index (χ0n) is 12.6. The van der Waals surface area contributed by atoms with Crippen LogP contribution < -0.4 is 10.6 Å². The number of anilines is 3. The lowest BCUT2D eigenvalue weighted by Gasteiger charge is -2.13. The third-order valence-corrected chi connectivity index (χ3v) is 3.30. The van der Waals surface area contributed by atoms with Crippen molar-refractivity contribution in [3.8, 4) is 0 Å². The zero-order valence-corrected chi connectivity index (χ0v) is 14.2. The lowest BCUT2D eigenvalue weighted by Crippen LogP contribution is -2.14. The van der Waals surface area contributed by atoms with Crippen LogP contribution in [0.15, 0.2) is 22.8 Å². The van der Waals surface area contributed by atoms with Gasteiger partial charge in [-0.2, -0.15) is 8.78 Å². The molecule has 6 nitrogen and oxygen atoms in total. The maximum Gasteiger partial charge on any atom is 0.303 e. The Balaban J connectivity index is 2.35. The molecule has 0 atom stereocenters. The van der Waals surface area contributed by atoms with E-state index in [1.54, 1.807) is 19.1 Å². The zero-order chi connectivity index (χ0) is 17.2. The molecule has 1 amide bonds. The summed E-state index contributed by atoms with van der Waals surface area (Å²) in [6.07, 6.45) is 1.48. The molecule has 2 N–H and O–H groups in total. The molecule has 0 aliphatic rings. The van der Waals surface area contributed by atoms with Crippen LogP contribution in [-0.4, -0.2) is 20.9 Å². The van der Waals surface area contributed by atoms with Crippen molar-refractivity contribution in [2.75, 3.05) is 10.6 Å². The fourth-order valence-electron chi connectivity index (χ4n) is 1.75. The molecular weight excluding hydrogens is 372 g/mol. The van der Waals surface area contributed by atoms with Crippen LogP contribution in [0.25, 0.3) is 0 Å². The quantitative estimate of drug-likeness (QED) is 0.837. The van der Waals surface area contributed by atoms with Gasteiger partial charge in [0.2, 0.25) is 11.7 Å². The second-order valence-corrected chi connectivity index (χ2v) is 5.82. The number of halogens is 3. The number of amides is 1. The molecule has 23 heavy (non-hydrogen) atoms. The average molecular weight is 386 g/mol. The van der Waals surface area contributed by atoms with Gasteiger partial charge in [-0.3, -0.25) is 4.79 Å². The molecule has 0 aliphatic carbocycles. The highest BCUT2D eigenvalue weighted by Crippen LogP contribution is 2.29. The maximum absolute atomic E-state index is 13.4. The topological polar surface area (TPSA) is 79.8 Å². The van der Waals surface area contributed by atoms with Gasteiger partial charge in [-0.05, 0) is 22.9 Å². The molecule has 0 saturated heterocycles. The Hall–Kier alpha value is -2.16. The number of carbonyl (C=O) groups excluding carboxylic acids is 1. The summed E-state index contributed by atoms with van der Waals surface area (Å²) in [4.78, 5) is 22.7. The molecule has 0 radical (unpaired) electrons. The lowest BCUT2D eigenvalue weighted by atomic mass is 10.3. The fourth-order valence-corrected chi connectivity index (χ4v) is 2.07. The van der Waals surface area contributed by atoms with Crippen LogP contribution in [-0.2, 0) is 10.7 Å². The number of hydrogen-bond donors (Lipinski definition) is 2. The number of alkyl halides is 2. The summed E-state index contributed by atoms with van der Waals surface area (Å²) >= 11 is 3.30. The van der Waals surface area contributed by atoms with E-state index in [0.717, 1.165) is 6.92 Å². The third kappa shape index (κ3) is 4.65. The summed E-state index contributed by atoms with van der Waals surface area (Å²) in [5.74, 6) is -3.42. The Kier molecular flexibility index (Phi) is 4.88. The number of hydrogen-bond acceptors (Lipinski definition) is 5. The fraction of sp³-hybridized carbons (Fsp3) is 0.286. The minimum atomic E-state index is -3.14. The van der Waals surface area contributed by atoms with E-state index in [4.69, 9.17) is 0 Å². The van der Waals surface area contributed by atoms with Gasteiger partial charge < -0.3 is 10.6 Å². The molecule has 0 aromatic carbocycles. The molecule has 0 spiro atoms. The van der Waals surface area contributed by atoms with Crippen LogP contribution >= 0.6 is 15.9 Å². The number of pyridine rings is 1. The molecule has 2 rings (SSSR count). The van der Waals surface area contributed by atoms with Gasteiger partial charge in [-0.15, -0.1) is 0 Å². The van der Waals surface area contributed by atoms with Gasteiger partial charge in [0.05, 0.1) is 10.2 Å². The summed E-state index contributed by atoms with van der Waals surface area (Å²) in [6.45, 7) is 3.70. The Morgan fingerprint density at radius 1 is 1.26 bits per heavy atom. The molecule has 0 bridgehead atoms. The normalized spacial score (nSPS) is 11.2. The summed E-state index contributed by atoms with van der Waals surface area (Å²) in [5.41, 5.74) is 0.929. The summed E-state index contributed by atoms with van der Waals surface area (Å²) < 4.78 is 27.4. The largest absolute Gasteiger partial charge is 0.339 e. The molecule has 0 aliphatic heterocycles. The van der Waals surface area contributed by atoms with Crippen molar-refractivity contribution >= 4 is 39.2 Å². The molecular formula is C14H14BrF2N5O. The highest BCUT2D eigenvalue weighted by atomic mass is 79.9. The van der Waals surface area contributed by atoms with Gasteiger partial charge in [-0.1, -0.05) is 0 Å². The van der Waals surface area contributed by atoms with Gasteiger partial charge >= 0.3 is 5.92 Å². The van der Waals surface area contributed by atoms with E-state index in [-0.39, 0.29) is 11.7 Å². The van der Waals surface area contributed by atoms with Crippen molar-refractivity contribution in [2.45, 2.75) is 26.7 Å². The second kappa shape index (κ2) is 6.53. The van der Waals surface area contributed by atoms with Crippen LogP contribution in [0.4, 0.5) is 26.1 Å². The second-order valence-electron chi connectivity index (χ2n) is 4.96. The van der Waals surface area contributed by atoms with Gasteiger partial charge in [0.1, 0.15) is 11.6 Å². The van der Waals surface area contributed by atoms with Crippen molar-refractivity contribution in [3.05, 3.63) is 34.3 Å². The highest BCUT2D eigenvalue weighted by Gasteiger charge is 2.28. The van der Waals surface area contributed by atoms with Gasteiger partial charge in [0, 0.05) is 37.9 Å². The summed E-state index contributed by atoms with van der Waals surface area (Å²) in [5, 5.41) is 5.46. The smallest absolute Gasteiger partial charge is 0.303 e. The van der Waals surface area contributed by atoms with E-state index in [0.29, 0.717) is 21.7 Å². The summed E-state index contributed by atoms with van der Waals surface area (Å²) in [7, 11) is 0. The van der Waals surface area contributed by atoms with Crippen LogP contribution in [0.5, 0.6) is 0 Å². The van der Waals surface area contributed by atoms with Crippen molar-refractivity contribution in [1.29, 1.82) is 0 Å². The molecule has 0 fully saturated rings. The first-order valence-electron chi connectivity index (χ1n) is 6.59. The minimum Gasteiger partial charge on any atom is -0.339 e. The van der Waals surface area contributed by atoms with Crippen molar-refractivity contribution < 1.29 is 13.6 Å². The average Bonchev–Trinajstić information content (AvgIpc) is 2.40. The van der Waals surface area contributed by atoms with E-state index >= 15 is 0 Å². The number of carbonyl (C=O) groups is 1. The van der Waals surface area contributed by atoms with E-state index in [1.807, 2.05) is 0 Å². The van der Waals surface area contributed by atoms with Crippen molar-refractivity contribution in [3.63, 3.8) is 0 Å². The Labute approximate surface area is 139 Å². The number of nitrogens with one attached hydrogen (secondary N) is 2. The number of aromatic nitrogens is 3. The van der Waals surface area contributed by atoms with Crippen molar-refractivity contribution in [1.82, 2.24) is 15.0 Å². The molecule has 2 aromatic rings. The maximum atomic E-state index is 13.4. The first kappa shape index (κ1) is 17.2. The van der Waals surface area contributed by atoms with Crippen LogP contribution in [0, 0.1) is 6.92 Å². The van der Waals surface area contributed by atoms with Gasteiger partial charge in [-0.25, -0.2) is 15.0 Å². The predicted octanol–water partition coefficient (Wildman–Crippen LogP) is 3.76. The monoisotopic (exact) mass is 385 g/mol. The molecule has 2 aromatic heterocycles. The van der Waals surface area contributed by atoms with E-state index in [9.17, 15) is 13.6 Å². The molecule has 9 heteroatoms. The van der Waals surface area contributed by atoms with E-state index < -0.39 is 11.7 Å². The number of nitrogens with zero attached hydrogens (tertiary/aromatic N) is 3. The third-order valence-electron chi connectivity index (χ3n) is 2.67. The van der Waals surface area contributed by atoms with Crippen LogP contribution in [0.1, 0.15) is 25.4 Å². The lowest BCUT2D eigenvalue weighted by molar-refractivity contribution is -0.114. The predicted molar refractivity (Wildman–Crippen MR) is 85.9 cm³/mol. The standard InChI is InChI=1S/C14H14BrF2N5O/c1-7-4-12(22-13(19-7)14(3,16)17)21-10-5-11(20-8(2)23)18-6-9(10)15/h4-6H,1-3H3,(H2,18,19,20,21,22,23). The van der Waals surface area contributed by atoms with Gasteiger partial charge in [0.25, 0.3) is 0 Å². The Morgan fingerprint density at radius 2 is 1.96 bits per heavy atom. The van der Waals surface area contributed by atoms with Crippen LogP contribution in [0.3, 0.4) is 0 Å². The Morgan fingerprint density at radius 3 is 2.57 bits per heavy atom. The number of rotatable bonds is 4. The molecule has 122 valence electrons. The molecule has 2 heterocycles. The molecule has 0 saturated carbocycles.